The van der Waals surface area contributed by atoms with E-state index in [-0.39, 0.29) is 24.7 Å². The predicted molar refractivity (Wildman–Crippen MR) is 152 cm³/mol. The number of unbranched alkanes of at least 4 members (excludes halogenated alkanes) is 15. The van der Waals surface area contributed by atoms with Crippen LogP contribution in [0.3, 0.4) is 0 Å². The van der Waals surface area contributed by atoms with Crippen molar-refractivity contribution in [3.8, 4) is 0 Å². The van der Waals surface area contributed by atoms with Gasteiger partial charge >= 0.3 is 7.82 Å². The minimum atomic E-state index is -4.07. The van der Waals surface area contributed by atoms with Gasteiger partial charge in [0.2, 0.25) is 0 Å². The van der Waals surface area contributed by atoms with Crippen LogP contribution in [0.2, 0.25) is 0 Å². The lowest BCUT2D eigenvalue weighted by atomic mass is 9.93. The van der Waals surface area contributed by atoms with E-state index in [1.54, 1.807) is 0 Å². The molecule has 0 saturated heterocycles. The minimum absolute atomic E-state index is 0.0178. The molecule has 0 rings (SSSR count). The SMILES string of the molecule is CCCCCCCCCCCCCCCCCCOC[C@@H](COP(=O)(O)OCCC(C)(C)C)OCC. The Morgan fingerprint density at radius 1 is 0.667 bits per heavy atom. The Kier molecular flexibility index (Phi) is 24.1. The molecule has 0 aliphatic carbocycles. The molecule has 0 aromatic heterocycles. The van der Waals surface area contributed by atoms with Gasteiger partial charge in [-0.3, -0.25) is 9.05 Å². The van der Waals surface area contributed by atoms with Crippen LogP contribution < -0.4 is 0 Å². The van der Waals surface area contributed by atoms with E-state index in [0.29, 0.717) is 26.2 Å². The van der Waals surface area contributed by atoms with Gasteiger partial charge in [0.05, 0.1) is 19.8 Å². The lowest BCUT2D eigenvalue weighted by Gasteiger charge is -2.21. The van der Waals surface area contributed by atoms with E-state index in [0.717, 1.165) is 6.42 Å². The van der Waals surface area contributed by atoms with Crippen molar-refractivity contribution in [2.24, 2.45) is 5.41 Å². The first kappa shape index (κ1) is 36.0. The molecule has 218 valence electrons. The molecule has 36 heavy (non-hydrogen) atoms. The van der Waals surface area contributed by atoms with Crippen molar-refractivity contribution in [2.45, 2.75) is 150 Å². The maximum absolute atomic E-state index is 12.1. The average Bonchev–Trinajstić information content (AvgIpc) is 2.80. The average molecular weight is 537 g/mol. The van der Waals surface area contributed by atoms with Crippen molar-refractivity contribution in [3.05, 3.63) is 0 Å². The van der Waals surface area contributed by atoms with Gasteiger partial charge in [-0.05, 0) is 25.2 Å². The van der Waals surface area contributed by atoms with Crippen molar-refractivity contribution in [2.75, 3.05) is 33.0 Å². The van der Waals surface area contributed by atoms with Crippen LogP contribution in [0.4, 0.5) is 0 Å². The molecule has 0 radical (unpaired) electrons. The smallest absolute Gasteiger partial charge is 0.379 e. The quantitative estimate of drug-likeness (QED) is 0.0833. The molecule has 0 bridgehead atoms. The highest BCUT2D eigenvalue weighted by Gasteiger charge is 2.24. The zero-order chi connectivity index (χ0) is 27.0. The second-order valence-corrected chi connectivity index (χ2v) is 12.8. The number of hydrogen-bond acceptors (Lipinski definition) is 5. The Bertz CT molecular complexity index is 508. The lowest BCUT2D eigenvalue weighted by molar-refractivity contribution is -0.0394. The summed E-state index contributed by atoms with van der Waals surface area (Å²) in [7, 11) is -4.07. The topological polar surface area (TPSA) is 74.2 Å². The molecule has 0 fully saturated rings. The molecule has 0 saturated carbocycles. The first-order chi connectivity index (χ1) is 17.2. The van der Waals surface area contributed by atoms with Crippen LogP contribution in [0.15, 0.2) is 0 Å². The number of phosphoric acid groups is 1. The third-order valence-electron chi connectivity index (χ3n) is 6.38. The molecule has 0 aromatic rings. The number of hydrogen-bond donors (Lipinski definition) is 1. The van der Waals surface area contributed by atoms with E-state index in [1.165, 1.54) is 96.3 Å². The Labute approximate surface area is 224 Å². The van der Waals surface area contributed by atoms with Crippen molar-refractivity contribution in [1.82, 2.24) is 0 Å². The van der Waals surface area contributed by atoms with Gasteiger partial charge in [-0.25, -0.2) is 4.57 Å². The summed E-state index contributed by atoms with van der Waals surface area (Å²) in [6.45, 7) is 12.0. The summed E-state index contributed by atoms with van der Waals surface area (Å²) in [6.07, 6.45) is 21.9. The minimum Gasteiger partial charge on any atom is -0.379 e. The highest BCUT2D eigenvalue weighted by molar-refractivity contribution is 7.47. The van der Waals surface area contributed by atoms with Gasteiger partial charge in [0, 0.05) is 13.2 Å². The van der Waals surface area contributed by atoms with E-state index >= 15 is 0 Å². The van der Waals surface area contributed by atoms with E-state index in [9.17, 15) is 9.46 Å². The van der Waals surface area contributed by atoms with Gasteiger partial charge in [0.25, 0.3) is 0 Å². The maximum Gasteiger partial charge on any atom is 0.472 e. The fourth-order valence-corrected chi connectivity index (χ4v) is 4.78. The van der Waals surface area contributed by atoms with E-state index < -0.39 is 7.82 Å². The summed E-state index contributed by atoms with van der Waals surface area (Å²) >= 11 is 0. The van der Waals surface area contributed by atoms with Crippen LogP contribution in [-0.2, 0) is 23.1 Å². The van der Waals surface area contributed by atoms with E-state index in [2.05, 4.69) is 27.7 Å². The normalized spacial score (nSPS) is 14.7. The third-order valence-corrected chi connectivity index (χ3v) is 7.36. The zero-order valence-electron chi connectivity index (χ0n) is 24.6. The number of ether oxygens (including phenoxy) is 2. The molecule has 0 aliphatic heterocycles. The first-order valence-electron chi connectivity index (χ1n) is 15.0. The Balaban J connectivity index is 3.59. The van der Waals surface area contributed by atoms with Crippen LogP contribution in [0.5, 0.6) is 0 Å². The summed E-state index contributed by atoms with van der Waals surface area (Å²) in [5, 5.41) is 0. The zero-order valence-corrected chi connectivity index (χ0v) is 25.5. The Morgan fingerprint density at radius 2 is 1.14 bits per heavy atom. The van der Waals surface area contributed by atoms with Gasteiger partial charge in [-0.15, -0.1) is 0 Å². The monoisotopic (exact) mass is 536 g/mol. The lowest BCUT2D eigenvalue weighted by Crippen LogP contribution is -2.26. The van der Waals surface area contributed by atoms with Gasteiger partial charge < -0.3 is 14.4 Å². The molecule has 1 N–H and O–H groups in total. The highest BCUT2D eigenvalue weighted by atomic mass is 31.2. The molecule has 7 heteroatoms. The molecule has 0 amide bonds. The van der Waals surface area contributed by atoms with Crippen molar-refractivity contribution in [1.29, 1.82) is 0 Å². The summed E-state index contributed by atoms with van der Waals surface area (Å²) < 4.78 is 33.6. The summed E-state index contributed by atoms with van der Waals surface area (Å²) in [6, 6.07) is 0. The number of phosphoric ester groups is 1. The highest BCUT2D eigenvalue weighted by Crippen LogP contribution is 2.44. The summed E-state index contributed by atoms with van der Waals surface area (Å²) in [5.41, 5.74) is 0.0361. The first-order valence-corrected chi connectivity index (χ1v) is 16.5. The Morgan fingerprint density at radius 3 is 1.58 bits per heavy atom. The van der Waals surface area contributed by atoms with Crippen LogP contribution in [0.1, 0.15) is 144 Å². The molecular weight excluding hydrogens is 475 g/mol. The molecule has 2 atom stereocenters. The van der Waals surface area contributed by atoms with E-state index in [1.807, 2.05) is 6.92 Å². The Hall–Kier alpha value is 0.0300. The molecular formula is C29H61O6P. The molecule has 1 unspecified atom stereocenters. The summed E-state index contributed by atoms with van der Waals surface area (Å²) in [4.78, 5) is 9.87. The molecule has 0 aromatic carbocycles. The molecule has 0 spiro atoms. The largest absolute Gasteiger partial charge is 0.472 e. The fraction of sp³-hybridized carbons (Fsp3) is 1.00. The maximum atomic E-state index is 12.1. The third kappa shape index (κ3) is 27.1. The second-order valence-electron chi connectivity index (χ2n) is 11.4. The number of rotatable bonds is 27. The summed E-state index contributed by atoms with van der Waals surface area (Å²) in [5.74, 6) is 0. The van der Waals surface area contributed by atoms with Crippen LogP contribution in [-0.4, -0.2) is 44.0 Å². The van der Waals surface area contributed by atoms with Gasteiger partial charge in [0.1, 0.15) is 6.10 Å². The molecule has 0 aliphatic rings. The van der Waals surface area contributed by atoms with Crippen molar-refractivity contribution < 1.29 is 28.0 Å². The molecule has 0 heterocycles. The van der Waals surface area contributed by atoms with Gasteiger partial charge in [-0.1, -0.05) is 124 Å². The second kappa shape index (κ2) is 24.1. The van der Waals surface area contributed by atoms with Crippen molar-refractivity contribution in [3.63, 3.8) is 0 Å². The van der Waals surface area contributed by atoms with Crippen LogP contribution in [0, 0.1) is 5.41 Å². The van der Waals surface area contributed by atoms with Gasteiger partial charge in [0.15, 0.2) is 0 Å². The van der Waals surface area contributed by atoms with Crippen LogP contribution >= 0.6 is 7.82 Å². The van der Waals surface area contributed by atoms with Crippen molar-refractivity contribution >= 4 is 7.82 Å². The predicted octanol–water partition coefficient (Wildman–Crippen LogP) is 9.24. The van der Waals surface area contributed by atoms with Crippen LogP contribution in [0.25, 0.3) is 0 Å². The van der Waals surface area contributed by atoms with Gasteiger partial charge in [-0.2, -0.15) is 0 Å². The fourth-order valence-electron chi connectivity index (χ4n) is 4.03. The molecule has 6 nitrogen and oxygen atoms in total. The standard InChI is InChI=1S/C29H61O6P/c1-6-8-9-10-11-12-13-14-15-16-17-18-19-20-21-22-24-32-26-28(33-7-2)27-35-36(30,31)34-25-23-29(3,4)5/h28H,6-27H2,1-5H3,(H,30,31)/t28-/m0/s1. The van der Waals surface area contributed by atoms with E-state index in [4.69, 9.17) is 18.5 Å².